The molecule has 0 unspecified atom stereocenters. The summed E-state index contributed by atoms with van der Waals surface area (Å²) in [4.78, 5) is 25.0. The lowest BCUT2D eigenvalue weighted by Crippen LogP contribution is -2.47. The highest BCUT2D eigenvalue weighted by atomic mass is 35.5. The Labute approximate surface area is 148 Å². The maximum Gasteiger partial charge on any atom is 0.240 e. The number of piperazine rings is 1. The molecule has 1 amide bonds. The quantitative estimate of drug-likeness (QED) is 0.702. The maximum atomic E-state index is 12.1. The van der Waals surface area contributed by atoms with Gasteiger partial charge < -0.3 is 10.2 Å². The van der Waals surface area contributed by atoms with Gasteiger partial charge in [-0.25, -0.2) is 13.1 Å². The van der Waals surface area contributed by atoms with Crippen LogP contribution in [0.3, 0.4) is 0 Å². The van der Waals surface area contributed by atoms with Crippen molar-refractivity contribution in [3.63, 3.8) is 0 Å². The summed E-state index contributed by atoms with van der Waals surface area (Å²) in [5.41, 5.74) is 0.456. The third-order valence-corrected chi connectivity index (χ3v) is 5.15. The fourth-order valence-corrected chi connectivity index (χ4v) is 3.35. The van der Waals surface area contributed by atoms with Crippen LogP contribution in [0.5, 0.6) is 0 Å². The fraction of sp³-hybridized carbons (Fsp3) is 0.467. The van der Waals surface area contributed by atoms with Crippen molar-refractivity contribution in [2.75, 3.05) is 32.7 Å². The van der Waals surface area contributed by atoms with E-state index in [9.17, 15) is 18.0 Å². The summed E-state index contributed by atoms with van der Waals surface area (Å²) < 4.78 is 26.7. The molecule has 0 spiro atoms. The number of benzene rings is 1. The standard InChI is InChI=1S/C15H21N3O4S.ClH/c1-12(19)13-2-4-14(5-3-13)23(21,22)17-7-6-15(20)18-10-8-16-9-11-18;/h2-5,16-17H,6-11H2,1H3;1H. The predicted molar refractivity (Wildman–Crippen MR) is 92.9 cm³/mol. The number of Topliss-reactive ketones (excluding diaryl/α,β-unsaturated/α-hetero) is 1. The van der Waals surface area contributed by atoms with Crippen LogP contribution in [0.1, 0.15) is 23.7 Å². The molecular weight excluding hydrogens is 354 g/mol. The van der Waals surface area contributed by atoms with Gasteiger partial charge >= 0.3 is 0 Å². The van der Waals surface area contributed by atoms with Crippen molar-refractivity contribution < 1.29 is 18.0 Å². The average molecular weight is 376 g/mol. The van der Waals surface area contributed by atoms with E-state index in [2.05, 4.69) is 10.0 Å². The maximum absolute atomic E-state index is 12.1. The van der Waals surface area contributed by atoms with Gasteiger partial charge in [0.25, 0.3) is 0 Å². The van der Waals surface area contributed by atoms with Gasteiger partial charge in [-0.1, -0.05) is 12.1 Å². The minimum Gasteiger partial charge on any atom is -0.340 e. The van der Waals surface area contributed by atoms with Crippen molar-refractivity contribution >= 4 is 34.1 Å². The van der Waals surface area contributed by atoms with Crippen LogP contribution in [0.25, 0.3) is 0 Å². The first-order chi connectivity index (χ1) is 10.9. The van der Waals surface area contributed by atoms with Crippen LogP contribution in [0.15, 0.2) is 29.2 Å². The van der Waals surface area contributed by atoms with Crippen LogP contribution in [0.4, 0.5) is 0 Å². The van der Waals surface area contributed by atoms with Crippen LogP contribution >= 0.6 is 12.4 Å². The van der Waals surface area contributed by atoms with Crippen molar-refractivity contribution in [3.05, 3.63) is 29.8 Å². The van der Waals surface area contributed by atoms with Gasteiger partial charge in [0.2, 0.25) is 15.9 Å². The summed E-state index contributed by atoms with van der Waals surface area (Å²) in [6, 6.07) is 5.72. The van der Waals surface area contributed by atoms with Gasteiger partial charge in [0, 0.05) is 44.7 Å². The molecule has 2 N–H and O–H groups in total. The van der Waals surface area contributed by atoms with Crippen LogP contribution in [0, 0.1) is 0 Å². The first kappa shape index (κ1) is 20.6. The number of hydrogen-bond acceptors (Lipinski definition) is 5. The summed E-state index contributed by atoms with van der Waals surface area (Å²) in [5, 5.41) is 3.15. The Kier molecular flexibility index (Phi) is 7.82. The number of halogens is 1. The fourth-order valence-electron chi connectivity index (χ4n) is 2.32. The smallest absolute Gasteiger partial charge is 0.240 e. The third kappa shape index (κ3) is 5.55. The molecule has 24 heavy (non-hydrogen) atoms. The molecule has 7 nitrogen and oxygen atoms in total. The second kappa shape index (κ2) is 9.12. The van der Waals surface area contributed by atoms with Crippen LogP contribution in [-0.4, -0.2) is 57.7 Å². The summed E-state index contributed by atoms with van der Waals surface area (Å²) in [6.07, 6.45) is 0.130. The number of rotatable bonds is 6. The van der Waals surface area contributed by atoms with E-state index in [1.54, 1.807) is 4.90 Å². The molecule has 1 aromatic carbocycles. The topological polar surface area (TPSA) is 95.6 Å². The van der Waals surface area contributed by atoms with Gasteiger partial charge in [-0.05, 0) is 19.1 Å². The summed E-state index contributed by atoms with van der Waals surface area (Å²) in [6.45, 7) is 4.30. The molecule has 1 heterocycles. The summed E-state index contributed by atoms with van der Waals surface area (Å²) >= 11 is 0. The molecule has 0 aromatic heterocycles. The molecule has 134 valence electrons. The second-order valence-electron chi connectivity index (χ2n) is 5.36. The molecule has 0 aliphatic carbocycles. The van der Waals surface area contributed by atoms with Crippen LogP contribution in [0.2, 0.25) is 0 Å². The molecule has 1 saturated heterocycles. The number of carbonyl (C=O) groups is 2. The Morgan fingerprint density at radius 3 is 2.29 bits per heavy atom. The van der Waals surface area contributed by atoms with E-state index >= 15 is 0 Å². The first-order valence-corrected chi connectivity index (χ1v) is 8.97. The lowest BCUT2D eigenvalue weighted by atomic mass is 10.2. The molecule has 9 heteroatoms. The van der Waals surface area contributed by atoms with E-state index in [4.69, 9.17) is 0 Å². The molecule has 0 atom stereocenters. The normalized spacial score (nSPS) is 14.8. The summed E-state index contributed by atoms with van der Waals surface area (Å²) in [5.74, 6) is -0.176. The van der Waals surface area contributed by atoms with Gasteiger partial charge in [0.05, 0.1) is 4.90 Å². The monoisotopic (exact) mass is 375 g/mol. The number of amides is 1. The molecule has 0 saturated carbocycles. The highest BCUT2D eigenvalue weighted by Gasteiger charge is 2.18. The van der Waals surface area contributed by atoms with Crippen LogP contribution in [-0.2, 0) is 14.8 Å². The van der Waals surface area contributed by atoms with E-state index in [1.807, 2.05) is 0 Å². The van der Waals surface area contributed by atoms with Crippen molar-refractivity contribution in [2.24, 2.45) is 0 Å². The molecule has 0 bridgehead atoms. The Balaban J connectivity index is 0.00000288. The molecule has 0 radical (unpaired) electrons. The molecule has 1 aromatic rings. The number of hydrogen-bond donors (Lipinski definition) is 2. The van der Waals surface area contributed by atoms with E-state index in [0.717, 1.165) is 13.1 Å². The van der Waals surface area contributed by atoms with Crippen LogP contribution < -0.4 is 10.0 Å². The Hall–Kier alpha value is -1.48. The first-order valence-electron chi connectivity index (χ1n) is 7.49. The summed E-state index contributed by atoms with van der Waals surface area (Å²) in [7, 11) is -3.67. The number of nitrogens with one attached hydrogen (secondary N) is 2. The highest BCUT2D eigenvalue weighted by molar-refractivity contribution is 7.89. The lowest BCUT2D eigenvalue weighted by molar-refractivity contribution is -0.131. The van der Waals surface area contributed by atoms with Crippen molar-refractivity contribution in [2.45, 2.75) is 18.2 Å². The zero-order valence-corrected chi connectivity index (χ0v) is 15.1. The van der Waals surface area contributed by atoms with Crippen molar-refractivity contribution in [1.29, 1.82) is 0 Å². The van der Waals surface area contributed by atoms with E-state index < -0.39 is 10.0 Å². The SMILES string of the molecule is CC(=O)c1ccc(S(=O)(=O)NCCC(=O)N2CCNCC2)cc1.Cl. The second-order valence-corrected chi connectivity index (χ2v) is 7.13. The Morgan fingerprint density at radius 2 is 1.75 bits per heavy atom. The van der Waals surface area contributed by atoms with Crippen molar-refractivity contribution in [3.8, 4) is 0 Å². The van der Waals surface area contributed by atoms with Gasteiger partial charge in [0.15, 0.2) is 5.78 Å². The minimum atomic E-state index is -3.67. The molecule has 2 rings (SSSR count). The van der Waals surface area contributed by atoms with Crippen molar-refractivity contribution in [1.82, 2.24) is 14.9 Å². The zero-order chi connectivity index (χ0) is 16.9. The highest BCUT2D eigenvalue weighted by Crippen LogP contribution is 2.11. The Morgan fingerprint density at radius 1 is 1.17 bits per heavy atom. The largest absolute Gasteiger partial charge is 0.340 e. The van der Waals surface area contributed by atoms with Gasteiger partial charge in [-0.3, -0.25) is 9.59 Å². The number of ketones is 1. The number of sulfonamides is 1. The lowest BCUT2D eigenvalue weighted by Gasteiger charge is -2.27. The van der Waals surface area contributed by atoms with Gasteiger partial charge in [-0.15, -0.1) is 12.4 Å². The minimum absolute atomic E-state index is 0. The average Bonchev–Trinajstić information content (AvgIpc) is 2.55. The molecule has 1 fully saturated rings. The number of nitrogens with zero attached hydrogens (tertiary/aromatic N) is 1. The molecular formula is C15H22ClN3O4S. The molecule has 1 aliphatic heterocycles. The van der Waals surface area contributed by atoms with E-state index in [-0.39, 0.29) is 42.0 Å². The zero-order valence-electron chi connectivity index (χ0n) is 13.4. The van der Waals surface area contributed by atoms with E-state index in [0.29, 0.717) is 18.7 Å². The van der Waals surface area contributed by atoms with Gasteiger partial charge in [-0.2, -0.15) is 0 Å². The van der Waals surface area contributed by atoms with Gasteiger partial charge in [0.1, 0.15) is 0 Å². The van der Waals surface area contributed by atoms with E-state index in [1.165, 1.54) is 31.2 Å². The number of carbonyl (C=O) groups excluding carboxylic acids is 2. The molecule has 1 aliphatic rings. The Bertz CT molecular complexity index is 670. The third-order valence-electron chi connectivity index (χ3n) is 3.67. The predicted octanol–water partition coefficient (Wildman–Crippen LogP) is 0.411.